The zero-order valence-corrected chi connectivity index (χ0v) is 19.4. The number of aromatic hydroxyl groups is 1. The van der Waals surface area contributed by atoms with Crippen LogP contribution < -0.4 is 10.0 Å². The largest absolute Gasteiger partial charge is 0.506 e. The first-order chi connectivity index (χ1) is 16.7. The SMILES string of the molecule is CCS(=O)(=O)NCCc1ccc(NC(=O)c2ccc(O)c3[nH]c(-c4ccc(F)cc4F)nc23)cc1. The number of aromatic nitrogens is 2. The highest BCUT2D eigenvalue weighted by Gasteiger charge is 2.19. The number of rotatable bonds is 8. The van der Waals surface area contributed by atoms with Gasteiger partial charge >= 0.3 is 0 Å². The number of nitrogens with zero attached hydrogens (tertiary/aromatic N) is 1. The van der Waals surface area contributed by atoms with E-state index in [2.05, 4.69) is 20.0 Å². The molecule has 4 aromatic rings. The number of phenolic OH excluding ortho intramolecular Hbond substituents is 1. The van der Waals surface area contributed by atoms with Crippen LogP contribution in [0.2, 0.25) is 0 Å². The predicted octanol–water partition coefficient (Wildman–Crippen LogP) is 3.95. The third-order valence-electron chi connectivity index (χ3n) is 5.38. The summed E-state index contributed by atoms with van der Waals surface area (Å²) in [5, 5.41) is 13.0. The minimum absolute atomic E-state index is 0.00910. The van der Waals surface area contributed by atoms with Crippen molar-refractivity contribution in [2.24, 2.45) is 0 Å². The molecule has 0 bridgehead atoms. The number of benzene rings is 3. The maximum Gasteiger partial charge on any atom is 0.257 e. The molecule has 35 heavy (non-hydrogen) atoms. The van der Waals surface area contributed by atoms with Gasteiger partial charge in [0.2, 0.25) is 10.0 Å². The van der Waals surface area contributed by atoms with Gasteiger partial charge in [0, 0.05) is 18.3 Å². The predicted molar refractivity (Wildman–Crippen MR) is 129 cm³/mol. The second-order valence-corrected chi connectivity index (χ2v) is 9.86. The Hall–Kier alpha value is -3.83. The van der Waals surface area contributed by atoms with Crippen LogP contribution in [0.15, 0.2) is 54.6 Å². The molecule has 0 aliphatic rings. The normalized spacial score (nSPS) is 11.6. The quantitative estimate of drug-likeness (QED) is 0.292. The number of sulfonamides is 1. The third-order valence-corrected chi connectivity index (χ3v) is 6.79. The van der Waals surface area contributed by atoms with Gasteiger partial charge in [-0.05, 0) is 55.3 Å². The second-order valence-electron chi connectivity index (χ2n) is 7.76. The number of amides is 1. The van der Waals surface area contributed by atoms with Crippen molar-refractivity contribution >= 4 is 32.7 Å². The molecule has 0 saturated carbocycles. The fourth-order valence-corrected chi connectivity index (χ4v) is 4.09. The second kappa shape index (κ2) is 9.80. The molecule has 1 aromatic heterocycles. The molecule has 1 heterocycles. The summed E-state index contributed by atoms with van der Waals surface area (Å²) >= 11 is 0. The van der Waals surface area contributed by atoms with Crippen LogP contribution in [0.3, 0.4) is 0 Å². The Bertz CT molecular complexity index is 1500. The number of hydrogen-bond acceptors (Lipinski definition) is 5. The van der Waals surface area contributed by atoms with E-state index in [0.717, 1.165) is 17.7 Å². The van der Waals surface area contributed by atoms with E-state index in [0.29, 0.717) is 12.1 Å². The van der Waals surface area contributed by atoms with Gasteiger partial charge in [0.25, 0.3) is 5.91 Å². The van der Waals surface area contributed by atoms with Gasteiger partial charge in [-0.2, -0.15) is 0 Å². The summed E-state index contributed by atoms with van der Waals surface area (Å²) in [7, 11) is -3.26. The standard InChI is InChI=1S/C24H22F2N4O4S/c1-2-35(33,34)27-12-11-14-3-6-16(7-4-14)28-24(32)18-9-10-20(31)22-21(18)29-23(30-22)17-8-5-15(25)13-19(17)26/h3-10,13,27,31H,2,11-12H2,1H3,(H,28,32)(H,29,30). The molecule has 0 fully saturated rings. The monoisotopic (exact) mass is 500 g/mol. The van der Waals surface area contributed by atoms with Crippen LogP contribution in [-0.2, 0) is 16.4 Å². The molecule has 0 atom stereocenters. The molecule has 1 amide bonds. The minimum Gasteiger partial charge on any atom is -0.506 e. The molecule has 4 N–H and O–H groups in total. The fourth-order valence-electron chi connectivity index (χ4n) is 3.48. The lowest BCUT2D eigenvalue weighted by molar-refractivity contribution is 0.102. The van der Waals surface area contributed by atoms with Gasteiger partial charge in [0.15, 0.2) is 0 Å². The molecule has 0 saturated heterocycles. The molecule has 8 nitrogen and oxygen atoms in total. The van der Waals surface area contributed by atoms with Crippen LogP contribution in [0.4, 0.5) is 14.5 Å². The lowest BCUT2D eigenvalue weighted by atomic mass is 10.1. The molecule has 182 valence electrons. The molecular formula is C24H22F2N4O4S. The average molecular weight is 501 g/mol. The lowest BCUT2D eigenvalue weighted by Crippen LogP contribution is -2.27. The number of nitrogens with one attached hydrogen (secondary N) is 3. The number of fused-ring (bicyclic) bond motifs is 1. The Morgan fingerprint density at radius 2 is 1.83 bits per heavy atom. The number of anilines is 1. The van der Waals surface area contributed by atoms with Crippen molar-refractivity contribution in [1.29, 1.82) is 0 Å². The van der Waals surface area contributed by atoms with Gasteiger partial charge in [-0.3, -0.25) is 4.79 Å². The molecule has 0 aliphatic heterocycles. The van der Waals surface area contributed by atoms with Gasteiger partial charge in [-0.15, -0.1) is 0 Å². The zero-order chi connectivity index (χ0) is 25.2. The van der Waals surface area contributed by atoms with E-state index in [-0.39, 0.29) is 46.0 Å². The van der Waals surface area contributed by atoms with Crippen LogP contribution >= 0.6 is 0 Å². The molecule has 11 heteroatoms. The van der Waals surface area contributed by atoms with E-state index in [4.69, 9.17) is 0 Å². The highest BCUT2D eigenvalue weighted by atomic mass is 32.2. The number of phenols is 1. The molecule has 4 rings (SSSR count). The number of carbonyl (C=O) groups excluding carboxylic acids is 1. The van der Waals surface area contributed by atoms with E-state index in [9.17, 15) is 27.1 Å². The van der Waals surface area contributed by atoms with Crippen molar-refractivity contribution in [3.63, 3.8) is 0 Å². The van der Waals surface area contributed by atoms with Gasteiger partial charge in [-0.1, -0.05) is 12.1 Å². The number of hydrogen-bond donors (Lipinski definition) is 4. The summed E-state index contributed by atoms with van der Waals surface area (Å²) in [5.41, 5.74) is 1.77. The van der Waals surface area contributed by atoms with Crippen LogP contribution in [0.5, 0.6) is 5.75 Å². The lowest BCUT2D eigenvalue weighted by Gasteiger charge is -2.08. The molecule has 0 unspecified atom stereocenters. The molecule has 0 radical (unpaired) electrons. The van der Waals surface area contributed by atoms with Crippen molar-refractivity contribution in [1.82, 2.24) is 14.7 Å². The van der Waals surface area contributed by atoms with Crippen LogP contribution in [-0.4, -0.2) is 41.7 Å². The summed E-state index contributed by atoms with van der Waals surface area (Å²) in [6.07, 6.45) is 0.488. The Kier molecular flexibility index (Phi) is 6.81. The van der Waals surface area contributed by atoms with Crippen LogP contribution in [0, 0.1) is 11.6 Å². The summed E-state index contributed by atoms with van der Waals surface area (Å²) in [6.45, 7) is 1.83. The molecular weight excluding hydrogens is 478 g/mol. The molecule has 0 aliphatic carbocycles. The molecule has 0 spiro atoms. The number of carbonyl (C=O) groups is 1. The van der Waals surface area contributed by atoms with E-state index < -0.39 is 27.6 Å². The van der Waals surface area contributed by atoms with E-state index >= 15 is 0 Å². The van der Waals surface area contributed by atoms with Gasteiger partial charge in [0.1, 0.15) is 34.2 Å². The van der Waals surface area contributed by atoms with Gasteiger partial charge in [-0.25, -0.2) is 26.9 Å². The van der Waals surface area contributed by atoms with Crippen molar-refractivity contribution in [3.8, 4) is 17.1 Å². The van der Waals surface area contributed by atoms with Crippen LogP contribution in [0.25, 0.3) is 22.4 Å². The fraction of sp³-hybridized carbons (Fsp3) is 0.167. The van der Waals surface area contributed by atoms with Crippen molar-refractivity contribution < 1.29 is 27.1 Å². The smallest absolute Gasteiger partial charge is 0.257 e. The number of aromatic amines is 1. The summed E-state index contributed by atoms with van der Waals surface area (Å²) < 4.78 is 53.0. The molecule has 3 aromatic carbocycles. The maximum atomic E-state index is 14.2. The van der Waals surface area contributed by atoms with Gasteiger partial charge in [0.05, 0.1) is 16.9 Å². The topological polar surface area (TPSA) is 124 Å². The Balaban J connectivity index is 1.53. The van der Waals surface area contributed by atoms with Crippen molar-refractivity contribution in [2.45, 2.75) is 13.3 Å². The highest BCUT2D eigenvalue weighted by molar-refractivity contribution is 7.89. The Morgan fingerprint density at radius 3 is 2.51 bits per heavy atom. The first-order valence-corrected chi connectivity index (χ1v) is 12.4. The van der Waals surface area contributed by atoms with Crippen molar-refractivity contribution in [3.05, 3.63) is 77.4 Å². The maximum absolute atomic E-state index is 14.2. The summed E-state index contributed by atoms with van der Waals surface area (Å²) in [4.78, 5) is 20.0. The van der Waals surface area contributed by atoms with Crippen LogP contribution in [0.1, 0.15) is 22.8 Å². The first kappa shape index (κ1) is 24.3. The number of halogens is 2. The highest BCUT2D eigenvalue weighted by Crippen LogP contribution is 2.30. The van der Waals surface area contributed by atoms with E-state index in [1.165, 1.54) is 18.2 Å². The van der Waals surface area contributed by atoms with Crippen molar-refractivity contribution in [2.75, 3.05) is 17.6 Å². The van der Waals surface area contributed by atoms with E-state index in [1.807, 2.05) is 0 Å². The first-order valence-electron chi connectivity index (χ1n) is 10.7. The summed E-state index contributed by atoms with van der Waals surface area (Å²) in [5.74, 6) is -2.21. The Morgan fingerprint density at radius 1 is 1.09 bits per heavy atom. The minimum atomic E-state index is -3.26. The zero-order valence-electron chi connectivity index (χ0n) is 18.6. The Labute approximate surface area is 200 Å². The third kappa shape index (κ3) is 5.47. The van der Waals surface area contributed by atoms with Gasteiger partial charge < -0.3 is 15.4 Å². The number of H-pyrrole nitrogens is 1. The average Bonchev–Trinajstić information content (AvgIpc) is 3.26. The number of imidazole rings is 1. The summed E-state index contributed by atoms with van der Waals surface area (Å²) in [6, 6.07) is 12.6. The van der Waals surface area contributed by atoms with E-state index in [1.54, 1.807) is 31.2 Å².